The fourth-order valence-electron chi connectivity index (χ4n) is 1.47. The molecule has 1 rings (SSSR count). The van der Waals surface area contributed by atoms with Crippen LogP contribution in [-0.4, -0.2) is 17.4 Å². The number of carbonyl (C=O) groups excluding carboxylic acids is 1. The minimum atomic E-state index is -1.25. The largest absolute Gasteiger partial charge is 0.491 e. The molecular formula is C13H14N2O4. The van der Waals surface area contributed by atoms with Gasteiger partial charge in [0.1, 0.15) is 28.8 Å². The second kappa shape index (κ2) is 5.48. The van der Waals surface area contributed by atoms with E-state index in [2.05, 4.69) is 0 Å². The third kappa shape index (κ3) is 3.28. The van der Waals surface area contributed by atoms with Crippen LogP contribution in [0.1, 0.15) is 25.0 Å². The van der Waals surface area contributed by atoms with Crippen LogP contribution in [0.4, 0.5) is 0 Å². The second-order valence-corrected chi connectivity index (χ2v) is 4.79. The zero-order valence-electron chi connectivity index (χ0n) is 11.0. The predicted molar refractivity (Wildman–Crippen MR) is 67.2 cm³/mol. The lowest BCUT2D eigenvalue weighted by atomic mass is 9.94. The maximum atomic E-state index is 11.4. The van der Waals surface area contributed by atoms with Crippen LogP contribution >= 0.6 is 0 Å². The molecule has 0 saturated heterocycles. The quantitative estimate of drug-likeness (QED) is 0.611. The number of nitrogens with zero attached hydrogens (tertiary/aromatic N) is 2. The van der Waals surface area contributed by atoms with Crippen LogP contribution in [-0.2, 0) is 4.79 Å². The van der Waals surface area contributed by atoms with Crippen molar-refractivity contribution in [3.8, 4) is 11.8 Å². The molecule has 0 aliphatic rings. The van der Waals surface area contributed by atoms with Crippen LogP contribution < -0.4 is 4.74 Å². The summed E-state index contributed by atoms with van der Waals surface area (Å²) >= 11 is 0. The molecule has 0 N–H and O–H groups in total. The summed E-state index contributed by atoms with van der Waals surface area (Å²) in [5.41, 5.74) is -0.134. The summed E-state index contributed by atoms with van der Waals surface area (Å²) < 4.78 is 5.40. The average Bonchev–Trinajstić information content (AvgIpc) is 2.35. The number of nitro groups is 1. The first-order valence-electron chi connectivity index (χ1n) is 5.61. The molecule has 0 radical (unpaired) electrons. The van der Waals surface area contributed by atoms with E-state index in [-0.39, 0.29) is 6.61 Å². The number of hydrogen-bond donors (Lipinski definition) is 0. The molecule has 6 nitrogen and oxygen atoms in total. The monoisotopic (exact) mass is 262 g/mol. The summed E-state index contributed by atoms with van der Waals surface area (Å²) in [7, 11) is 0. The first-order chi connectivity index (χ1) is 8.79. The number of hydrogen-bond acceptors (Lipinski definition) is 5. The van der Waals surface area contributed by atoms with Gasteiger partial charge in [-0.15, -0.1) is 0 Å². The number of amides is 1. The van der Waals surface area contributed by atoms with Gasteiger partial charge in [-0.3, -0.25) is 10.1 Å². The van der Waals surface area contributed by atoms with Crippen LogP contribution in [0.25, 0.3) is 0 Å². The molecule has 0 unspecified atom stereocenters. The van der Waals surface area contributed by atoms with Gasteiger partial charge in [-0.1, -0.05) is 12.1 Å². The van der Waals surface area contributed by atoms with Crippen molar-refractivity contribution < 1.29 is 14.5 Å². The molecule has 0 spiro atoms. The second-order valence-electron chi connectivity index (χ2n) is 4.79. The lowest BCUT2D eigenvalue weighted by Crippen LogP contribution is -2.36. The molecule has 1 amide bonds. The summed E-state index contributed by atoms with van der Waals surface area (Å²) in [6.07, 6.45) is 0. The van der Waals surface area contributed by atoms with Crippen molar-refractivity contribution in [2.45, 2.75) is 20.8 Å². The summed E-state index contributed by atoms with van der Waals surface area (Å²) in [5, 5.41) is 19.5. The molecule has 100 valence electrons. The third-order valence-corrected chi connectivity index (χ3v) is 2.68. The molecule has 0 bridgehead atoms. The highest BCUT2D eigenvalue weighted by Crippen LogP contribution is 2.24. The molecule has 1 aromatic carbocycles. The first-order valence-corrected chi connectivity index (χ1v) is 5.61. The Labute approximate surface area is 110 Å². The van der Waals surface area contributed by atoms with E-state index < -0.39 is 16.2 Å². The van der Waals surface area contributed by atoms with E-state index in [0.717, 1.165) is 5.56 Å². The lowest BCUT2D eigenvalue weighted by molar-refractivity contribution is -0.411. The van der Waals surface area contributed by atoms with Crippen LogP contribution in [0, 0.1) is 33.8 Å². The van der Waals surface area contributed by atoms with Gasteiger partial charge < -0.3 is 4.74 Å². The molecule has 0 fully saturated rings. The van der Waals surface area contributed by atoms with E-state index in [1.807, 2.05) is 6.07 Å². The molecule has 0 heterocycles. The number of aryl methyl sites for hydroxylation is 1. The Morgan fingerprint density at radius 2 is 2.16 bits per heavy atom. The summed E-state index contributed by atoms with van der Waals surface area (Å²) in [6, 6.07) is 7.08. The van der Waals surface area contributed by atoms with Crippen LogP contribution in [0.3, 0.4) is 0 Å². The zero-order valence-corrected chi connectivity index (χ0v) is 11.0. The summed E-state index contributed by atoms with van der Waals surface area (Å²) in [5.74, 6) is -0.787. The van der Waals surface area contributed by atoms with E-state index >= 15 is 0 Å². The van der Waals surface area contributed by atoms with Crippen molar-refractivity contribution >= 4 is 5.91 Å². The molecule has 0 aliphatic carbocycles. The van der Waals surface area contributed by atoms with Gasteiger partial charge in [0.25, 0.3) is 0 Å². The maximum Gasteiger partial charge on any atom is 0.453 e. The molecule has 0 atom stereocenters. The minimum Gasteiger partial charge on any atom is -0.491 e. The molecule has 0 aromatic heterocycles. The highest BCUT2D eigenvalue weighted by molar-refractivity contribution is 5.74. The number of rotatable bonds is 4. The molecule has 0 saturated carbocycles. The Balaban J connectivity index is 2.89. The number of carbonyl (C=O) groups is 1. The van der Waals surface area contributed by atoms with Gasteiger partial charge in [0, 0.05) is 0 Å². The predicted octanol–water partition coefficient (Wildman–Crippen LogP) is 2.07. The van der Waals surface area contributed by atoms with Gasteiger partial charge in [0.2, 0.25) is 0 Å². The normalized spacial score (nSPS) is 10.6. The van der Waals surface area contributed by atoms with Gasteiger partial charge >= 0.3 is 5.91 Å². The van der Waals surface area contributed by atoms with Crippen molar-refractivity contribution in [2.75, 3.05) is 6.61 Å². The van der Waals surface area contributed by atoms with Gasteiger partial charge in [-0.25, -0.2) is 4.79 Å². The molecule has 6 heteroatoms. The van der Waals surface area contributed by atoms with Crippen molar-refractivity contribution in [2.24, 2.45) is 5.41 Å². The van der Waals surface area contributed by atoms with Crippen molar-refractivity contribution in [1.29, 1.82) is 5.26 Å². The number of benzene rings is 1. The van der Waals surface area contributed by atoms with Gasteiger partial charge in [0.15, 0.2) is 0 Å². The third-order valence-electron chi connectivity index (χ3n) is 2.68. The van der Waals surface area contributed by atoms with E-state index in [9.17, 15) is 14.9 Å². The Hall–Kier alpha value is -2.42. The summed E-state index contributed by atoms with van der Waals surface area (Å²) in [6.45, 7) is 4.46. The van der Waals surface area contributed by atoms with E-state index in [1.165, 1.54) is 13.8 Å². The number of nitriles is 1. The summed E-state index contributed by atoms with van der Waals surface area (Å²) in [4.78, 5) is 20.9. The zero-order chi connectivity index (χ0) is 14.6. The smallest absolute Gasteiger partial charge is 0.453 e. The van der Waals surface area contributed by atoms with Gasteiger partial charge in [0.05, 0.1) is 5.56 Å². The van der Waals surface area contributed by atoms with Crippen LogP contribution in [0.5, 0.6) is 5.75 Å². The first kappa shape index (κ1) is 14.6. The average molecular weight is 262 g/mol. The van der Waals surface area contributed by atoms with Gasteiger partial charge in [-0.05, 0) is 32.4 Å². The fourth-order valence-corrected chi connectivity index (χ4v) is 1.47. The molecular weight excluding hydrogens is 248 g/mol. The highest BCUT2D eigenvalue weighted by atomic mass is 16.6. The van der Waals surface area contributed by atoms with E-state index in [4.69, 9.17) is 10.00 Å². The van der Waals surface area contributed by atoms with E-state index in [1.54, 1.807) is 25.1 Å². The molecule has 0 aliphatic heterocycles. The van der Waals surface area contributed by atoms with Crippen LogP contribution in [0.2, 0.25) is 0 Å². The van der Waals surface area contributed by atoms with Crippen molar-refractivity contribution in [3.05, 3.63) is 39.4 Å². The SMILES string of the molecule is Cc1cccc(OCC(C)(C)C(=O)[N+](=O)[O-])c1C#N. The Bertz CT molecular complexity index is 558. The van der Waals surface area contributed by atoms with E-state index in [0.29, 0.717) is 11.3 Å². The topological polar surface area (TPSA) is 93.2 Å². The Morgan fingerprint density at radius 3 is 2.68 bits per heavy atom. The maximum absolute atomic E-state index is 11.4. The lowest BCUT2D eigenvalue weighted by Gasteiger charge is -2.18. The standard InChI is InChI=1S/C13H14N2O4/c1-9-5-4-6-11(10(9)7-14)19-8-13(2,3)12(16)15(17)18/h4-6H,8H2,1-3H3. The Morgan fingerprint density at radius 1 is 1.53 bits per heavy atom. The van der Waals surface area contributed by atoms with Crippen molar-refractivity contribution in [3.63, 3.8) is 0 Å². The van der Waals surface area contributed by atoms with Gasteiger partial charge in [-0.2, -0.15) is 5.26 Å². The minimum absolute atomic E-state index is 0.162. The fraction of sp³-hybridized carbons (Fsp3) is 0.385. The molecule has 1 aromatic rings. The molecule has 19 heavy (non-hydrogen) atoms. The number of ether oxygens (including phenoxy) is 1. The Kier molecular flexibility index (Phi) is 4.22. The van der Waals surface area contributed by atoms with Crippen LogP contribution in [0.15, 0.2) is 18.2 Å². The van der Waals surface area contributed by atoms with Crippen molar-refractivity contribution in [1.82, 2.24) is 0 Å². The highest BCUT2D eigenvalue weighted by Gasteiger charge is 2.39.